The maximum Gasteiger partial charge on any atom is 0.433 e. The number of alkyl halides is 3. The zero-order valence-electron chi connectivity index (χ0n) is 11.6. The van der Waals surface area contributed by atoms with Gasteiger partial charge in [-0.25, -0.2) is 4.98 Å². The standard InChI is InChI=1S/C14H20F3N3/c1-2-5-10-6-3-4-7-20(10)12-8-13(14(15,16)17)19-9-11(12)18/h8-10H,2-7,18H2,1H3. The van der Waals surface area contributed by atoms with Crippen LogP contribution in [0.15, 0.2) is 12.3 Å². The van der Waals surface area contributed by atoms with E-state index in [0.29, 0.717) is 11.4 Å². The lowest BCUT2D eigenvalue weighted by Crippen LogP contribution is -2.40. The molecule has 2 rings (SSSR count). The fourth-order valence-corrected chi connectivity index (χ4v) is 2.81. The van der Waals surface area contributed by atoms with Crippen molar-refractivity contribution in [1.29, 1.82) is 0 Å². The summed E-state index contributed by atoms with van der Waals surface area (Å²) in [7, 11) is 0. The van der Waals surface area contributed by atoms with Crippen molar-refractivity contribution in [2.45, 2.75) is 51.2 Å². The number of hydrogen-bond donors (Lipinski definition) is 1. The van der Waals surface area contributed by atoms with Crippen LogP contribution in [-0.2, 0) is 6.18 Å². The summed E-state index contributed by atoms with van der Waals surface area (Å²) in [4.78, 5) is 5.43. The van der Waals surface area contributed by atoms with E-state index in [4.69, 9.17) is 5.73 Å². The van der Waals surface area contributed by atoms with E-state index in [1.165, 1.54) is 0 Å². The van der Waals surface area contributed by atoms with Crippen molar-refractivity contribution >= 4 is 11.4 Å². The molecule has 0 saturated carbocycles. The number of halogens is 3. The van der Waals surface area contributed by atoms with Gasteiger partial charge in [-0.05, 0) is 31.7 Å². The molecular formula is C14H20F3N3. The average Bonchev–Trinajstić information content (AvgIpc) is 2.39. The van der Waals surface area contributed by atoms with Crippen LogP contribution >= 0.6 is 0 Å². The molecule has 112 valence electrons. The number of pyridine rings is 1. The highest BCUT2D eigenvalue weighted by Crippen LogP contribution is 2.35. The predicted octanol–water partition coefficient (Wildman–Crippen LogP) is 3.84. The molecule has 1 aromatic heterocycles. The summed E-state index contributed by atoms with van der Waals surface area (Å²) >= 11 is 0. The van der Waals surface area contributed by atoms with Crippen LogP contribution in [-0.4, -0.2) is 17.6 Å². The normalized spacial score (nSPS) is 20.2. The van der Waals surface area contributed by atoms with Crippen LogP contribution in [0, 0.1) is 0 Å². The minimum Gasteiger partial charge on any atom is -0.396 e. The van der Waals surface area contributed by atoms with Gasteiger partial charge < -0.3 is 10.6 Å². The van der Waals surface area contributed by atoms with E-state index in [1.54, 1.807) is 0 Å². The molecule has 0 bridgehead atoms. The van der Waals surface area contributed by atoms with Gasteiger partial charge in [0, 0.05) is 12.6 Å². The van der Waals surface area contributed by atoms with Crippen molar-refractivity contribution in [1.82, 2.24) is 4.98 Å². The van der Waals surface area contributed by atoms with Gasteiger partial charge in [0.25, 0.3) is 0 Å². The highest BCUT2D eigenvalue weighted by atomic mass is 19.4. The summed E-state index contributed by atoms with van der Waals surface area (Å²) in [6, 6.07) is 1.36. The van der Waals surface area contributed by atoms with Gasteiger partial charge in [-0.15, -0.1) is 0 Å². The lowest BCUT2D eigenvalue weighted by molar-refractivity contribution is -0.141. The number of nitrogens with two attached hydrogens (primary N) is 1. The highest BCUT2D eigenvalue weighted by molar-refractivity contribution is 5.67. The zero-order valence-corrected chi connectivity index (χ0v) is 11.6. The molecule has 3 nitrogen and oxygen atoms in total. The number of hydrogen-bond acceptors (Lipinski definition) is 3. The van der Waals surface area contributed by atoms with Crippen LogP contribution in [0.2, 0.25) is 0 Å². The first kappa shape index (κ1) is 14.9. The summed E-state index contributed by atoms with van der Waals surface area (Å²) < 4.78 is 38.4. The van der Waals surface area contributed by atoms with Gasteiger partial charge in [0.1, 0.15) is 5.69 Å². The van der Waals surface area contributed by atoms with E-state index < -0.39 is 11.9 Å². The SMILES string of the molecule is CCCC1CCCCN1c1cc(C(F)(F)F)ncc1N. The van der Waals surface area contributed by atoms with Gasteiger partial charge in [0.15, 0.2) is 0 Å². The molecule has 2 N–H and O–H groups in total. The van der Waals surface area contributed by atoms with Gasteiger partial charge in [-0.3, -0.25) is 0 Å². The molecule has 1 aliphatic heterocycles. The lowest BCUT2D eigenvalue weighted by atomic mass is 9.97. The Hall–Kier alpha value is -1.46. The van der Waals surface area contributed by atoms with Crippen LogP contribution in [0.1, 0.15) is 44.7 Å². The second-order valence-electron chi connectivity index (χ2n) is 5.26. The number of piperidine rings is 1. The minimum absolute atomic E-state index is 0.277. The molecule has 0 aromatic carbocycles. The molecule has 0 amide bonds. The van der Waals surface area contributed by atoms with Crippen molar-refractivity contribution < 1.29 is 13.2 Å². The third kappa shape index (κ3) is 3.16. The van der Waals surface area contributed by atoms with Gasteiger partial charge in [0.2, 0.25) is 0 Å². The van der Waals surface area contributed by atoms with E-state index in [9.17, 15) is 13.2 Å². The molecule has 1 atom stereocenters. The second kappa shape index (κ2) is 5.89. The third-order valence-electron chi connectivity index (χ3n) is 3.76. The summed E-state index contributed by atoms with van der Waals surface area (Å²) in [5.41, 5.74) is 5.78. The first-order valence-electron chi connectivity index (χ1n) is 7.03. The Morgan fingerprint density at radius 1 is 1.40 bits per heavy atom. The van der Waals surface area contributed by atoms with E-state index in [1.807, 2.05) is 4.90 Å². The fraction of sp³-hybridized carbons (Fsp3) is 0.643. The van der Waals surface area contributed by atoms with Crippen LogP contribution in [0.4, 0.5) is 24.5 Å². The molecule has 0 aliphatic carbocycles. The first-order valence-corrected chi connectivity index (χ1v) is 7.03. The minimum atomic E-state index is -4.43. The average molecular weight is 287 g/mol. The topological polar surface area (TPSA) is 42.2 Å². The summed E-state index contributed by atoms with van der Waals surface area (Å²) in [6.07, 6.45) is 1.80. The third-order valence-corrected chi connectivity index (χ3v) is 3.76. The quantitative estimate of drug-likeness (QED) is 0.918. The van der Waals surface area contributed by atoms with Crippen LogP contribution in [0.3, 0.4) is 0 Å². The molecule has 1 unspecified atom stereocenters. The number of nitrogens with zero attached hydrogens (tertiary/aromatic N) is 2. The van der Waals surface area contributed by atoms with Crippen molar-refractivity contribution in [2.75, 3.05) is 17.2 Å². The highest BCUT2D eigenvalue weighted by Gasteiger charge is 2.34. The molecule has 0 spiro atoms. The number of nitrogen functional groups attached to an aromatic ring is 1. The van der Waals surface area contributed by atoms with Gasteiger partial charge in [0.05, 0.1) is 17.6 Å². The Morgan fingerprint density at radius 2 is 2.15 bits per heavy atom. The van der Waals surface area contributed by atoms with E-state index >= 15 is 0 Å². The molecule has 1 fully saturated rings. The Balaban J connectivity index is 2.34. The Bertz CT molecular complexity index is 457. The first-order chi connectivity index (χ1) is 9.43. The molecule has 2 heterocycles. The lowest BCUT2D eigenvalue weighted by Gasteiger charge is -2.38. The smallest absolute Gasteiger partial charge is 0.396 e. The molecular weight excluding hydrogens is 267 g/mol. The summed E-state index contributed by atoms with van der Waals surface area (Å²) in [5, 5.41) is 0. The molecule has 6 heteroatoms. The van der Waals surface area contributed by atoms with Crippen LogP contribution in [0.25, 0.3) is 0 Å². The van der Waals surface area contributed by atoms with Crippen LogP contribution in [0.5, 0.6) is 0 Å². The van der Waals surface area contributed by atoms with Gasteiger partial charge in [-0.2, -0.15) is 13.2 Å². The molecule has 1 aromatic rings. The summed E-state index contributed by atoms with van der Waals surface area (Å²) in [5.74, 6) is 0. The van der Waals surface area contributed by atoms with E-state index in [0.717, 1.165) is 50.9 Å². The van der Waals surface area contributed by atoms with Crippen LogP contribution < -0.4 is 10.6 Å². The second-order valence-corrected chi connectivity index (χ2v) is 5.26. The van der Waals surface area contributed by atoms with Crippen molar-refractivity contribution in [2.24, 2.45) is 0 Å². The maximum absolute atomic E-state index is 12.8. The van der Waals surface area contributed by atoms with Gasteiger partial charge >= 0.3 is 6.18 Å². The van der Waals surface area contributed by atoms with Gasteiger partial charge in [-0.1, -0.05) is 13.3 Å². The number of anilines is 2. The molecule has 1 aliphatic rings. The van der Waals surface area contributed by atoms with Crippen molar-refractivity contribution in [3.8, 4) is 0 Å². The Labute approximate surface area is 117 Å². The predicted molar refractivity (Wildman–Crippen MR) is 73.5 cm³/mol. The fourth-order valence-electron chi connectivity index (χ4n) is 2.81. The van der Waals surface area contributed by atoms with Crippen molar-refractivity contribution in [3.05, 3.63) is 18.0 Å². The summed E-state index contributed by atoms with van der Waals surface area (Å²) in [6.45, 7) is 2.85. The Morgan fingerprint density at radius 3 is 2.80 bits per heavy atom. The van der Waals surface area contributed by atoms with E-state index in [2.05, 4.69) is 11.9 Å². The molecule has 20 heavy (non-hydrogen) atoms. The van der Waals surface area contributed by atoms with E-state index in [-0.39, 0.29) is 6.04 Å². The monoisotopic (exact) mass is 287 g/mol. The molecule has 0 radical (unpaired) electrons. The maximum atomic E-state index is 12.8. The van der Waals surface area contributed by atoms with Crippen molar-refractivity contribution in [3.63, 3.8) is 0 Å². The number of aromatic nitrogens is 1. The number of rotatable bonds is 3. The Kier molecular flexibility index (Phi) is 4.40. The zero-order chi connectivity index (χ0) is 14.8. The molecule has 1 saturated heterocycles. The largest absolute Gasteiger partial charge is 0.433 e.